The van der Waals surface area contributed by atoms with Crippen molar-refractivity contribution in [2.45, 2.75) is 26.6 Å². The summed E-state index contributed by atoms with van der Waals surface area (Å²) in [6.07, 6.45) is 7.16. The molecule has 0 aliphatic carbocycles. The Bertz CT molecular complexity index is 1260. The summed E-state index contributed by atoms with van der Waals surface area (Å²) in [6, 6.07) is 10.2. The van der Waals surface area contributed by atoms with E-state index in [-0.39, 0.29) is 12.5 Å². The van der Waals surface area contributed by atoms with E-state index < -0.39 is 0 Å². The van der Waals surface area contributed by atoms with Crippen LogP contribution >= 0.6 is 34.8 Å². The molecule has 1 N–H and O–H groups in total. The molecule has 10 heteroatoms. The highest BCUT2D eigenvalue weighted by Gasteiger charge is 2.12. The van der Waals surface area contributed by atoms with Crippen LogP contribution in [0.4, 0.5) is 5.69 Å². The number of carbonyl (C=O) groups excluding carboxylic acids is 1. The highest BCUT2D eigenvalue weighted by atomic mass is 35.5. The van der Waals surface area contributed by atoms with Crippen LogP contribution in [-0.2, 0) is 19.7 Å². The molecule has 0 atom stereocenters. The molecule has 2 aromatic heterocycles. The van der Waals surface area contributed by atoms with Crippen LogP contribution < -0.4 is 10.1 Å². The Hall–Kier alpha value is -3.00. The molecular formula is C23H20Cl3N5O2. The lowest BCUT2D eigenvalue weighted by Gasteiger charge is -2.11. The Morgan fingerprint density at radius 2 is 1.76 bits per heavy atom. The Balaban J connectivity index is 1.38. The Morgan fingerprint density at radius 3 is 2.48 bits per heavy atom. The number of hydrogen-bond acceptors (Lipinski definition) is 4. The molecule has 0 radical (unpaired) electrons. The summed E-state index contributed by atoms with van der Waals surface area (Å²) >= 11 is 18.3. The van der Waals surface area contributed by atoms with E-state index in [0.717, 1.165) is 17.7 Å². The molecule has 170 valence electrons. The van der Waals surface area contributed by atoms with E-state index in [0.29, 0.717) is 38.6 Å². The van der Waals surface area contributed by atoms with Crippen LogP contribution in [0.3, 0.4) is 0 Å². The number of amides is 1. The number of ether oxygens (including phenoxy) is 1. The molecule has 0 aliphatic heterocycles. The number of aromatic nitrogens is 4. The van der Waals surface area contributed by atoms with Crippen LogP contribution in [0.25, 0.3) is 0 Å². The third-order valence-corrected chi connectivity index (χ3v) is 5.56. The topological polar surface area (TPSA) is 74.0 Å². The maximum atomic E-state index is 12.7. The molecule has 0 unspecified atom stereocenters. The van der Waals surface area contributed by atoms with Crippen LogP contribution in [0.15, 0.2) is 61.2 Å². The first-order chi connectivity index (χ1) is 15.9. The largest absolute Gasteiger partial charge is 0.486 e. The van der Waals surface area contributed by atoms with Crippen LogP contribution in [0, 0.1) is 0 Å². The van der Waals surface area contributed by atoms with Crippen molar-refractivity contribution in [2.75, 3.05) is 5.32 Å². The van der Waals surface area contributed by atoms with Gasteiger partial charge in [-0.3, -0.25) is 14.2 Å². The van der Waals surface area contributed by atoms with Gasteiger partial charge in [0, 0.05) is 35.1 Å². The minimum absolute atomic E-state index is 0.186. The Kier molecular flexibility index (Phi) is 7.23. The number of halogens is 3. The predicted octanol–water partition coefficient (Wildman–Crippen LogP) is 5.94. The second-order valence-electron chi connectivity index (χ2n) is 7.27. The predicted molar refractivity (Wildman–Crippen MR) is 129 cm³/mol. The fourth-order valence-corrected chi connectivity index (χ4v) is 4.12. The molecule has 0 saturated heterocycles. The second kappa shape index (κ2) is 10.3. The van der Waals surface area contributed by atoms with Gasteiger partial charge < -0.3 is 10.1 Å². The number of carbonyl (C=O) groups is 1. The van der Waals surface area contributed by atoms with E-state index >= 15 is 0 Å². The molecule has 2 aromatic carbocycles. The SMILES string of the molecule is CCn1cc(Cn2cc(NC(=O)c3cccc(COc4c(Cl)cc(Cl)cc4Cl)c3)cn2)cn1. The van der Waals surface area contributed by atoms with Crippen LogP contribution in [0.1, 0.15) is 28.4 Å². The highest BCUT2D eigenvalue weighted by Crippen LogP contribution is 2.36. The van der Waals surface area contributed by atoms with Crippen molar-refractivity contribution in [3.8, 4) is 5.75 Å². The summed E-state index contributed by atoms with van der Waals surface area (Å²) in [6.45, 7) is 3.59. The molecule has 4 aromatic rings. The van der Waals surface area contributed by atoms with E-state index in [1.54, 1.807) is 53.6 Å². The average Bonchev–Trinajstić information content (AvgIpc) is 3.42. The molecule has 0 bridgehead atoms. The standard InChI is InChI=1S/C23H20Cl3N5O2/c1-2-30-11-16(9-27-30)12-31-13-19(10-28-31)29-23(32)17-5-3-4-15(6-17)14-33-22-20(25)7-18(24)8-21(22)26/h3-11,13H,2,12,14H2,1H3,(H,29,32). The van der Waals surface area contributed by atoms with Gasteiger partial charge in [0.05, 0.1) is 34.7 Å². The summed E-state index contributed by atoms with van der Waals surface area (Å²) in [4.78, 5) is 12.7. The molecule has 0 fully saturated rings. The fourth-order valence-electron chi connectivity index (χ4n) is 3.19. The zero-order valence-corrected chi connectivity index (χ0v) is 19.9. The van der Waals surface area contributed by atoms with Gasteiger partial charge in [0.1, 0.15) is 6.61 Å². The molecular weight excluding hydrogens is 485 g/mol. The van der Waals surface area contributed by atoms with Crippen molar-refractivity contribution in [3.05, 3.63) is 92.9 Å². The van der Waals surface area contributed by atoms with E-state index in [2.05, 4.69) is 15.5 Å². The van der Waals surface area contributed by atoms with Crippen molar-refractivity contribution < 1.29 is 9.53 Å². The smallest absolute Gasteiger partial charge is 0.255 e. The third-order valence-electron chi connectivity index (χ3n) is 4.78. The van der Waals surface area contributed by atoms with Gasteiger partial charge in [0.2, 0.25) is 0 Å². The zero-order chi connectivity index (χ0) is 23.4. The maximum absolute atomic E-state index is 12.7. The summed E-state index contributed by atoms with van der Waals surface area (Å²) < 4.78 is 9.36. The van der Waals surface area contributed by atoms with Crippen LogP contribution in [0.2, 0.25) is 15.1 Å². The zero-order valence-electron chi connectivity index (χ0n) is 17.6. The number of nitrogens with one attached hydrogen (secondary N) is 1. The minimum Gasteiger partial charge on any atom is -0.486 e. The van der Waals surface area contributed by atoms with Gasteiger partial charge in [-0.2, -0.15) is 10.2 Å². The van der Waals surface area contributed by atoms with Gasteiger partial charge in [-0.15, -0.1) is 0 Å². The molecule has 0 spiro atoms. The molecule has 1 amide bonds. The number of anilines is 1. The number of hydrogen-bond donors (Lipinski definition) is 1. The van der Waals surface area contributed by atoms with Crippen molar-refractivity contribution >= 4 is 46.4 Å². The lowest BCUT2D eigenvalue weighted by Crippen LogP contribution is -2.12. The Labute approximate surface area is 205 Å². The van der Waals surface area contributed by atoms with E-state index in [1.807, 2.05) is 23.9 Å². The van der Waals surface area contributed by atoms with Crippen molar-refractivity contribution in [1.29, 1.82) is 0 Å². The van der Waals surface area contributed by atoms with Crippen molar-refractivity contribution in [1.82, 2.24) is 19.6 Å². The lowest BCUT2D eigenvalue weighted by atomic mass is 10.1. The lowest BCUT2D eigenvalue weighted by molar-refractivity contribution is 0.102. The summed E-state index contributed by atoms with van der Waals surface area (Å²) in [5, 5.41) is 12.5. The van der Waals surface area contributed by atoms with E-state index in [9.17, 15) is 4.79 Å². The molecule has 0 aliphatic rings. The van der Waals surface area contributed by atoms with Crippen molar-refractivity contribution in [2.24, 2.45) is 0 Å². The number of nitrogens with zero attached hydrogens (tertiary/aromatic N) is 4. The van der Waals surface area contributed by atoms with E-state index in [4.69, 9.17) is 39.5 Å². The molecule has 4 rings (SSSR count). The first-order valence-corrected chi connectivity index (χ1v) is 11.3. The fraction of sp³-hybridized carbons (Fsp3) is 0.174. The van der Waals surface area contributed by atoms with Crippen LogP contribution in [-0.4, -0.2) is 25.5 Å². The van der Waals surface area contributed by atoms with Gasteiger partial charge in [-0.05, 0) is 36.8 Å². The van der Waals surface area contributed by atoms with Gasteiger partial charge in [0.15, 0.2) is 5.75 Å². The summed E-state index contributed by atoms with van der Waals surface area (Å²) in [5.74, 6) is 0.0900. The van der Waals surface area contributed by atoms with Gasteiger partial charge in [-0.1, -0.05) is 46.9 Å². The maximum Gasteiger partial charge on any atom is 0.255 e. The summed E-state index contributed by atoms with van der Waals surface area (Å²) in [5.41, 5.74) is 2.91. The van der Waals surface area contributed by atoms with Gasteiger partial charge >= 0.3 is 0 Å². The van der Waals surface area contributed by atoms with E-state index in [1.165, 1.54) is 0 Å². The monoisotopic (exact) mass is 503 g/mol. The third kappa shape index (κ3) is 5.87. The quantitative estimate of drug-likeness (QED) is 0.322. The average molecular weight is 505 g/mol. The number of rotatable bonds is 8. The molecule has 0 saturated carbocycles. The minimum atomic E-state index is -0.252. The normalized spacial score (nSPS) is 10.9. The second-order valence-corrected chi connectivity index (χ2v) is 8.52. The molecule has 33 heavy (non-hydrogen) atoms. The number of aryl methyl sites for hydroxylation is 1. The molecule has 2 heterocycles. The Morgan fingerprint density at radius 1 is 1.00 bits per heavy atom. The van der Waals surface area contributed by atoms with Crippen LogP contribution in [0.5, 0.6) is 5.75 Å². The van der Waals surface area contributed by atoms with Crippen molar-refractivity contribution in [3.63, 3.8) is 0 Å². The number of benzene rings is 2. The summed E-state index contributed by atoms with van der Waals surface area (Å²) in [7, 11) is 0. The first kappa shape index (κ1) is 23.2. The first-order valence-electron chi connectivity index (χ1n) is 10.1. The van der Waals surface area contributed by atoms with Gasteiger partial charge in [-0.25, -0.2) is 0 Å². The molecule has 7 nitrogen and oxygen atoms in total. The van der Waals surface area contributed by atoms with Gasteiger partial charge in [0.25, 0.3) is 5.91 Å². The highest BCUT2D eigenvalue weighted by molar-refractivity contribution is 6.40.